The SMILES string of the molecule is Cc1ccccc1CNC(=O)CN1C(=O)N[C@](C)(c2ccc3c(c2)OCCCO3)C1=O. The van der Waals surface area contributed by atoms with Gasteiger partial charge in [0.15, 0.2) is 11.5 Å². The number of urea groups is 1. The second-order valence-electron chi connectivity index (χ2n) is 7.86. The Morgan fingerprint density at radius 2 is 1.87 bits per heavy atom. The van der Waals surface area contributed by atoms with Crippen molar-refractivity contribution in [2.75, 3.05) is 19.8 Å². The van der Waals surface area contributed by atoms with Crippen molar-refractivity contribution in [1.82, 2.24) is 15.5 Å². The highest BCUT2D eigenvalue weighted by molar-refractivity contribution is 6.09. The number of hydrogen-bond donors (Lipinski definition) is 2. The molecule has 0 bridgehead atoms. The zero-order chi connectivity index (χ0) is 22.0. The van der Waals surface area contributed by atoms with Crippen molar-refractivity contribution in [3.8, 4) is 11.5 Å². The highest BCUT2D eigenvalue weighted by atomic mass is 16.5. The number of carbonyl (C=O) groups is 3. The summed E-state index contributed by atoms with van der Waals surface area (Å²) in [5, 5.41) is 5.49. The number of rotatable bonds is 5. The third-order valence-corrected chi connectivity index (χ3v) is 5.64. The third-order valence-electron chi connectivity index (χ3n) is 5.64. The van der Waals surface area contributed by atoms with Crippen LogP contribution in [0.4, 0.5) is 4.79 Å². The molecule has 8 heteroatoms. The Morgan fingerprint density at radius 1 is 1.13 bits per heavy atom. The van der Waals surface area contributed by atoms with Crippen LogP contribution in [0.2, 0.25) is 0 Å². The van der Waals surface area contributed by atoms with Crippen molar-refractivity contribution in [1.29, 1.82) is 0 Å². The Hall–Kier alpha value is -3.55. The molecule has 1 saturated heterocycles. The lowest BCUT2D eigenvalue weighted by atomic mass is 9.91. The van der Waals surface area contributed by atoms with Crippen LogP contribution in [0.15, 0.2) is 42.5 Å². The minimum absolute atomic E-state index is 0.328. The minimum atomic E-state index is -1.29. The molecule has 4 amide bonds. The summed E-state index contributed by atoms with van der Waals surface area (Å²) in [5.74, 6) is 0.245. The Balaban J connectivity index is 1.46. The summed E-state index contributed by atoms with van der Waals surface area (Å²) in [6, 6.07) is 12.3. The van der Waals surface area contributed by atoms with Gasteiger partial charge >= 0.3 is 6.03 Å². The number of benzene rings is 2. The molecule has 4 rings (SSSR count). The number of hydrogen-bond acceptors (Lipinski definition) is 5. The molecule has 0 unspecified atom stereocenters. The lowest BCUT2D eigenvalue weighted by Crippen LogP contribution is -2.43. The molecule has 8 nitrogen and oxygen atoms in total. The zero-order valence-electron chi connectivity index (χ0n) is 17.6. The van der Waals surface area contributed by atoms with E-state index in [1.54, 1.807) is 25.1 Å². The van der Waals surface area contributed by atoms with Crippen LogP contribution in [0, 0.1) is 6.92 Å². The molecule has 2 aliphatic rings. The van der Waals surface area contributed by atoms with Crippen molar-refractivity contribution < 1.29 is 23.9 Å². The van der Waals surface area contributed by atoms with Gasteiger partial charge in [0.1, 0.15) is 12.1 Å². The van der Waals surface area contributed by atoms with Crippen molar-refractivity contribution >= 4 is 17.8 Å². The summed E-state index contributed by atoms with van der Waals surface area (Å²) in [7, 11) is 0. The molecular formula is C23H25N3O5. The molecule has 1 fully saturated rings. The van der Waals surface area contributed by atoms with Crippen LogP contribution >= 0.6 is 0 Å². The Labute approximate surface area is 180 Å². The molecule has 1 atom stereocenters. The largest absolute Gasteiger partial charge is 0.490 e. The number of ether oxygens (including phenoxy) is 2. The molecule has 31 heavy (non-hydrogen) atoms. The molecule has 0 saturated carbocycles. The van der Waals surface area contributed by atoms with Gasteiger partial charge in [-0.1, -0.05) is 30.3 Å². The van der Waals surface area contributed by atoms with Gasteiger partial charge in [0, 0.05) is 13.0 Å². The molecule has 2 aromatic carbocycles. The van der Waals surface area contributed by atoms with E-state index in [9.17, 15) is 14.4 Å². The van der Waals surface area contributed by atoms with E-state index < -0.39 is 23.4 Å². The zero-order valence-corrected chi connectivity index (χ0v) is 17.6. The predicted molar refractivity (Wildman–Crippen MR) is 113 cm³/mol. The first kappa shape index (κ1) is 20.7. The lowest BCUT2D eigenvalue weighted by molar-refractivity contribution is -0.134. The van der Waals surface area contributed by atoms with E-state index in [0.29, 0.717) is 36.8 Å². The molecule has 2 N–H and O–H groups in total. The smallest absolute Gasteiger partial charge is 0.325 e. The molecule has 2 aromatic rings. The molecule has 0 aromatic heterocycles. The Morgan fingerprint density at radius 3 is 2.65 bits per heavy atom. The van der Waals surface area contributed by atoms with E-state index >= 15 is 0 Å². The average molecular weight is 423 g/mol. The highest BCUT2D eigenvalue weighted by Gasteiger charge is 2.49. The Kier molecular flexibility index (Phi) is 5.54. The van der Waals surface area contributed by atoms with Crippen molar-refractivity contribution in [3.05, 3.63) is 59.2 Å². The molecule has 162 valence electrons. The highest BCUT2D eigenvalue weighted by Crippen LogP contribution is 2.36. The Bertz CT molecular complexity index is 1040. The fourth-order valence-corrected chi connectivity index (χ4v) is 3.71. The summed E-state index contributed by atoms with van der Waals surface area (Å²) in [6.07, 6.45) is 0.766. The number of nitrogens with zero attached hydrogens (tertiary/aromatic N) is 1. The first-order chi connectivity index (χ1) is 14.9. The van der Waals surface area contributed by atoms with Crippen molar-refractivity contribution in [2.24, 2.45) is 0 Å². The van der Waals surface area contributed by atoms with E-state index in [4.69, 9.17) is 9.47 Å². The molecular weight excluding hydrogens is 398 g/mol. The fraction of sp³-hybridized carbons (Fsp3) is 0.348. The van der Waals surface area contributed by atoms with Crippen molar-refractivity contribution in [2.45, 2.75) is 32.4 Å². The normalized spacial score (nSPS) is 20.3. The molecule has 0 aliphatic carbocycles. The maximum absolute atomic E-state index is 13.1. The summed E-state index contributed by atoms with van der Waals surface area (Å²) in [5.41, 5.74) is 1.31. The van der Waals surface area contributed by atoms with Crippen LogP contribution in [-0.4, -0.2) is 42.5 Å². The van der Waals surface area contributed by atoms with Crippen LogP contribution < -0.4 is 20.1 Å². The van der Waals surface area contributed by atoms with E-state index in [1.165, 1.54) is 0 Å². The van der Waals surface area contributed by atoms with Gasteiger partial charge in [-0.05, 0) is 42.7 Å². The van der Waals surface area contributed by atoms with E-state index in [1.807, 2.05) is 31.2 Å². The second kappa shape index (κ2) is 8.29. The van der Waals surface area contributed by atoms with Crippen LogP contribution in [0.1, 0.15) is 30.0 Å². The van der Waals surface area contributed by atoms with Crippen molar-refractivity contribution in [3.63, 3.8) is 0 Å². The molecule has 0 spiro atoms. The average Bonchev–Trinajstić information content (AvgIpc) is 2.92. The van der Waals surface area contributed by atoms with Gasteiger partial charge in [-0.2, -0.15) is 0 Å². The van der Waals surface area contributed by atoms with Crippen LogP contribution in [-0.2, 0) is 21.7 Å². The second-order valence-corrected chi connectivity index (χ2v) is 7.86. The quantitative estimate of drug-likeness (QED) is 0.719. The summed E-state index contributed by atoms with van der Waals surface area (Å²) in [6.45, 7) is 4.63. The van der Waals surface area contributed by atoms with E-state index in [2.05, 4.69) is 10.6 Å². The first-order valence-corrected chi connectivity index (χ1v) is 10.2. The number of carbonyl (C=O) groups excluding carboxylic acids is 3. The topological polar surface area (TPSA) is 97.0 Å². The lowest BCUT2D eigenvalue weighted by Gasteiger charge is -2.23. The maximum Gasteiger partial charge on any atom is 0.325 e. The van der Waals surface area contributed by atoms with E-state index in [-0.39, 0.29) is 6.54 Å². The minimum Gasteiger partial charge on any atom is -0.490 e. The number of aryl methyl sites for hydroxylation is 1. The van der Waals surface area contributed by atoms with Gasteiger partial charge in [-0.3, -0.25) is 14.5 Å². The summed E-state index contributed by atoms with van der Waals surface area (Å²) >= 11 is 0. The van der Waals surface area contributed by atoms with Crippen LogP contribution in [0.5, 0.6) is 11.5 Å². The predicted octanol–water partition coefficient (Wildman–Crippen LogP) is 2.24. The number of imide groups is 1. The van der Waals surface area contributed by atoms with Gasteiger partial charge < -0.3 is 20.1 Å². The molecule has 2 heterocycles. The standard InChI is InChI=1S/C23H25N3O5/c1-15-6-3-4-7-16(15)13-24-20(27)14-26-21(28)23(2,25-22(26)29)17-8-9-18-19(12-17)31-11-5-10-30-18/h3-4,6-9,12H,5,10-11,13-14H2,1-2H3,(H,24,27)(H,25,29)/t23-/m1/s1. The van der Waals surface area contributed by atoms with Crippen LogP contribution in [0.3, 0.4) is 0 Å². The molecule has 0 radical (unpaired) electrons. The van der Waals surface area contributed by atoms with Gasteiger partial charge in [0.05, 0.1) is 13.2 Å². The van der Waals surface area contributed by atoms with Gasteiger partial charge in [0.25, 0.3) is 5.91 Å². The fourth-order valence-electron chi connectivity index (χ4n) is 3.71. The monoisotopic (exact) mass is 423 g/mol. The first-order valence-electron chi connectivity index (χ1n) is 10.2. The summed E-state index contributed by atoms with van der Waals surface area (Å²) in [4.78, 5) is 39.0. The number of amides is 4. The maximum atomic E-state index is 13.1. The number of fused-ring (bicyclic) bond motifs is 1. The van der Waals surface area contributed by atoms with E-state index in [0.717, 1.165) is 22.4 Å². The molecule has 2 aliphatic heterocycles. The number of nitrogens with one attached hydrogen (secondary N) is 2. The van der Waals surface area contributed by atoms with Gasteiger partial charge in [0.2, 0.25) is 5.91 Å². The van der Waals surface area contributed by atoms with Gasteiger partial charge in [-0.25, -0.2) is 4.79 Å². The third kappa shape index (κ3) is 4.05. The van der Waals surface area contributed by atoms with Gasteiger partial charge in [-0.15, -0.1) is 0 Å². The van der Waals surface area contributed by atoms with Crippen LogP contribution in [0.25, 0.3) is 0 Å². The summed E-state index contributed by atoms with van der Waals surface area (Å²) < 4.78 is 11.3.